The van der Waals surface area contributed by atoms with E-state index in [4.69, 9.17) is 16.3 Å². The zero-order valence-electron chi connectivity index (χ0n) is 13.5. The molecule has 0 saturated heterocycles. The molecule has 1 amide bonds. The second kappa shape index (κ2) is 7.06. The van der Waals surface area contributed by atoms with Crippen LogP contribution in [0.15, 0.2) is 24.3 Å². The number of rotatable bonds is 5. The molecule has 122 valence electrons. The lowest BCUT2D eigenvalue weighted by Crippen LogP contribution is -2.31. The summed E-state index contributed by atoms with van der Waals surface area (Å²) in [5.41, 5.74) is 9.73. The van der Waals surface area contributed by atoms with E-state index in [0.717, 1.165) is 0 Å². The van der Waals surface area contributed by atoms with E-state index < -0.39 is 5.91 Å². The van der Waals surface area contributed by atoms with Gasteiger partial charge < -0.3 is 10.5 Å². The molecule has 0 saturated carbocycles. The molecule has 1 aromatic heterocycles. The number of anilines is 1. The number of benzene rings is 1. The van der Waals surface area contributed by atoms with Crippen LogP contribution >= 0.6 is 0 Å². The number of aromatic nitrogens is 2. The van der Waals surface area contributed by atoms with Crippen LogP contribution in [0.3, 0.4) is 0 Å². The number of hydrogen-bond acceptors (Lipinski definition) is 6. The van der Waals surface area contributed by atoms with E-state index in [1.165, 1.54) is 0 Å². The zero-order chi connectivity index (χ0) is 17.0. The molecule has 23 heavy (non-hydrogen) atoms. The fraction of sp³-hybridized carbons (Fsp3) is 0.312. The molecular weight excluding hydrogens is 294 g/mol. The number of amides is 1. The Morgan fingerprint density at radius 1 is 1.35 bits per heavy atom. The molecule has 5 N–H and O–H groups in total. The lowest BCUT2D eigenvalue weighted by molar-refractivity contribution is 0.0953. The van der Waals surface area contributed by atoms with Gasteiger partial charge in [-0.1, -0.05) is 26.0 Å². The predicted molar refractivity (Wildman–Crippen MR) is 88.6 cm³/mol. The number of hydrazine groups is 1. The minimum atomic E-state index is -0.467. The minimum absolute atomic E-state index is 0.0968. The quantitative estimate of drug-likeness (QED) is 0.439. The topological polar surface area (TPSA) is 116 Å². The molecule has 0 fully saturated rings. The number of aryl methyl sites for hydroxylation is 1. The Morgan fingerprint density at radius 3 is 2.74 bits per heavy atom. The lowest BCUT2D eigenvalue weighted by Gasteiger charge is -2.13. The molecule has 0 unspecified atom stereocenters. The zero-order valence-corrected chi connectivity index (χ0v) is 13.5. The highest BCUT2D eigenvalue weighted by molar-refractivity contribution is 6.00. The summed E-state index contributed by atoms with van der Waals surface area (Å²) in [7, 11) is 0. The van der Waals surface area contributed by atoms with Crippen molar-refractivity contribution in [3.05, 3.63) is 35.5 Å². The van der Waals surface area contributed by atoms with Crippen LogP contribution in [0.25, 0.3) is 11.3 Å². The highest BCUT2D eigenvalue weighted by Gasteiger charge is 2.19. The first-order valence-corrected chi connectivity index (χ1v) is 7.30. The fourth-order valence-corrected chi connectivity index (χ4v) is 2.14. The summed E-state index contributed by atoms with van der Waals surface area (Å²) in [5.74, 6) is 6.00. The maximum atomic E-state index is 12.1. The van der Waals surface area contributed by atoms with Crippen molar-refractivity contribution in [1.29, 1.82) is 0 Å². The van der Waals surface area contributed by atoms with Crippen molar-refractivity contribution < 1.29 is 9.53 Å². The van der Waals surface area contributed by atoms with Crippen molar-refractivity contribution in [2.24, 2.45) is 11.8 Å². The number of carbonyl (C=O) groups is 1. The van der Waals surface area contributed by atoms with Crippen LogP contribution in [0.2, 0.25) is 0 Å². The van der Waals surface area contributed by atoms with Gasteiger partial charge in [0.05, 0.1) is 23.6 Å². The third-order valence-electron chi connectivity index (χ3n) is 3.16. The number of nitrogens with one attached hydrogen (secondary N) is 1. The molecule has 0 radical (unpaired) electrons. The Bertz CT molecular complexity index is 716. The van der Waals surface area contributed by atoms with Gasteiger partial charge in [-0.3, -0.25) is 10.2 Å². The molecular formula is C16H21N5O2. The monoisotopic (exact) mass is 315 g/mol. The average Bonchev–Trinajstić information content (AvgIpc) is 2.51. The van der Waals surface area contributed by atoms with Crippen molar-refractivity contribution in [3.63, 3.8) is 0 Å². The maximum absolute atomic E-state index is 12.1. The summed E-state index contributed by atoms with van der Waals surface area (Å²) >= 11 is 0. The summed E-state index contributed by atoms with van der Waals surface area (Å²) in [4.78, 5) is 20.3. The third kappa shape index (κ3) is 3.95. The maximum Gasteiger partial charge on any atom is 0.269 e. The van der Waals surface area contributed by atoms with Gasteiger partial charge in [-0.05, 0) is 25.0 Å². The summed E-state index contributed by atoms with van der Waals surface area (Å²) < 4.78 is 5.72. The van der Waals surface area contributed by atoms with Crippen molar-refractivity contribution in [1.82, 2.24) is 15.4 Å². The summed E-state index contributed by atoms with van der Waals surface area (Å²) in [6.45, 7) is 6.43. The van der Waals surface area contributed by atoms with Crippen LogP contribution in [0, 0.1) is 12.8 Å². The Balaban J connectivity index is 2.49. The number of hydrogen-bond donors (Lipinski definition) is 3. The second-order valence-electron chi connectivity index (χ2n) is 5.60. The number of ether oxygens (including phenoxy) is 1. The van der Waals surface area contributed by atoms with E-state index in [9.17, 15) is 4.79 Å². The second-order valence-corrected chi connectivity index (χ2v) is 5.60. The summed E-state index contributed by atoms with van der Waals surface area (Å²) in [5, 5.41) is 0. The van der Waals surface area contributed by atoms with E-state index in [0.29, 0.717) is 40.8 Å². The number of nitrogens with zero attached hydrogens (tertiary/aromatic N) is 2. The first kappa shape index (κ1) is 16.7. The van der Waals surface area contributed by atoms with E-state index in [2.05, 4.69) is 29.2 Å². The van der Waals surface area contributed by atoms with Gasteiger partial charge in [0.1, 0.15) is 5.75 Å². The van der Waals surface area contributed by atoms with Gasteiger partial charge >= 0.3 is 0 Å². The molecule has 0 aliphatic rings. The first-order valence-electron chi connectivity index (χ1n) is 7.30. The molecule has 0 aliphatic heterocycles. The smallest absolute Gasteiger partial charge is 0.269 e. The highest BCUT2D eigenvalue weighted by Crippen LogP contribution is 2.27. The SMILES string of the molecule is Cc1nc(N)nc(-c2cccc(OCC(C)C)c2)c1C(=O)NN. The predicted octanol–water partition coefficient (Wildman–Crippen LogP) is 1.67. The molecule has 7 heteroatoms. The standard InChI is InChI=1S/C16H21N5O2/c1-9(2)8-23-12-6-4-5-11(7-12)14-13(15(22)21-18)10(3)19-16(17)20-14/h4-7,9H,8,18H2,1-3H3,(H,21,22)(H2,17,19,20). The number of carbonyl (C=O) groups excluding carboxylic acids is 1. The molecule has 2 aromatic rings. The van der Waals surface area contributed by atoms with Gasteiger partial charge in [0.25, 0.3) is 5.91 Å². The Hall–Kier alpha value is -2.67. The van der Waals surface area contributed by atoms with Crippen molar-refractivity contribution >= 4 is 11.9 Å². The van der Waals surface area contributed by atoms with Gasteiger partial charge in [-0.15, -0.1) is 0 Å². The number of nitrogen functional groups attached to an aromatic ring is 2. The first-order chi connectivity index (χ1) is 10.9. The van der Waals surface area contributed by atoms with Gasteiger partial charge in [0.2, 0.25) is 5.95 Å². The normalized spacial score (nSPS) is 10.7. The molecule has 2 rings (SSSR count). The van der Waals surface area contributed by atoms with Gasteiger partial charge in [0.15, 0.2) is 0 Å². The number of nitrogens with two attached hydrogens (primary N) is 2. The van der Waals surface area contributed by atoms with Crippen LogP contribution in [-0.4, -0.2) is 22.5 Å². The van der Waals surface area contributed by atoms with Crippen LogP contribution in [0.4, 0.5) is 5.95 Å². The average molecular weight is 315 g/mol. The van der Waals surface area contributed by atoms with E-state index in [1.54, 1.807) is 6.92 Å². The largest absolute Gasteiger partial charge is 0.493 e. The fourth-order valence-electron chi connectivity index (χ4n) is 2.14. The molecule has 1 heterocycles. The van der Waals surface area contributed by atoms with Gasteiger partial charge in [-0.25, -0.2) is 15.8 Å². The van der Waals surface area contributed by atoms with Crippen LogP contribution < -0.4 is 21.7 Å². The Morgan fingerprint density at radius 2 is 2.09 bits per heavy atom. The van der Waals surface area contributed by atoms with E-state index in [1.807, 2.05) is 24.3 Å². The third-order valence-corrected chi connectivity index (χ3v) is 3.16. The van der Waals surface area contributed by atoms with Crippen molar-refractivity contribution in [2.45, 2.75) is 20.8 Å². The Labute approximate surface area is 135 Å². The molecule has 0 atom stereocenters. The van der Waals surface area contributed by atoms with Crippen molar-refractivity contribution in [2.75, 3.05) is 12.3 Å². The Kier molecular flexibility index (Phi) is 5.13. The molecule has 1 aromatic carbocycles. The molecule has 0 spiro atoms. The molecule has 0 aliphatic carbocycles. The van der Waals surface area contributed by atoms with Crippen LogP contribution in [0.5, 0.6) is 5.75 Å². The van der Waals surface area contributed by atoms with E-state index in [-0.39, 0.29) is 5.95 Å². The molecule has 0 bridgehead atoms. The highest BCUT2D eigenvalue weighted by atomic mass is 16.5. The van der Waals surface area contributed by atoms with Crippen LogP contribution in [-0.2, 0) is 0 Å². The molecule has 7 nitrogen and oxygen atoms in total. The van der Waals surface area contributed by atoms with Gasteiger partial charge in [-0.2, -0.15) is 0 Å². The van der Waals surface area contributed by atoms with Crippen LogP contribution in [0.1, 0.15) is 29.9 Å². The summed E-state index contributed by atoms with van der Waals surface area (Å²) in [6, 6.07) is 7.34. The summed E-state index contributed by atoms with van der Waals surface area (Å²) in [6.07, 6.45) is 0. The van der Waals surface area contributed by atoms with Crippen molar-refractivity contribution in [3.8, 4) is 17.0 Å². The van der Waals surface area contributed by atoms with E-state index >= 15 is 0 Å². The minimum Gasteiger partial charge on any atom is -0.493 e. The van der Waals surface area contributed by atoms with Gasteiger partial charge in [0, 0.05) is 5.56 Å². The lowest BCUT2D eigenvalue weighted by atomic mass is 10.0.